The highest BCUT2D eigenvalue weighted by atomic mass is 35.5. The number of rotatable bonds is 4. The van der Waals surface area contributed by atoms with E-state index in [2.05, 4.69) is 4.98 Å². The standard InChI is InChI=1S/C12H7ClN2O4S/c13-7-3-4-10(9(6-7)15(18)19)20-11-8(12(16)17)2-1-5-14-11/h1-6H,(H,16,17). The number of benzene rings is 1. The first-order valence-corrected chi connectivity index (χ1v) is 6.48. The van der Waals surface area contributed by atoms with Gasteiger partial charge in [-0.15, -0.1) is 0 Å². The Morgan fingerprint density at radius 1 is 1.40 bits per heavy atom. The van der Waals surface area contributed by atoms with Crippen LogP contribution in [0.25, 0.3) is 0 Å². The van der Waals surface area contributed by atoms with E-state index in [0.29, 0.717) is 0 Å². The third kappa shape index (κ3) is 3.06. The van der Waals surface area contributed by atoms with Gasteiger partial charge in [-0.05, 0) is 24.3 Å². The minimum atomic E-state index is -1.14. The Hall–Kier alpha value is -2.12. The molecule has 0 atom stereocenters. The summed E-state index contributed by atoms with van der Waals surface area (Å²) in [5.41, 5.74) is -0.203. The zero-order valence-electron chi connectivity index (χ0n) is 9.82. The van der Waals surface area contributed by atoms with Crippen LogP contribution in [0.15, 0.2) is 46.5 Å². The molecule has 102 valence electrons. The zero-order valence-corrected chi connectivity index (χ0v) is 11.4. The molecule has 0 aliphatic heterocycles. The summed E-state index contributed by atoms with van der Waals surface area (Å²) in [5.74, 6) is -1.14. The molecule has 0 bridgehead atoms. The number of aromatic carboxylic acids is 1. The lowest BCUT2D eigenvalue weighted by atomic mass is 10.3. The topological polar surface area (TPSA) is 93.3 Å². The van der Waals surface area contributed by atoms with Gasteiger partial charge < -0.3 is 5.11 Å². The van der Waals surface area contributed by atoms with Crippen LogP contribution in [0, 0.1) is 10.1 Å². The molecule has 0 saturated heterocycles. The Kier molecular flexibility index (Phi) is 4.21. The fourth-order valence-electron chi connectivity index (χ4n) is 1.46. The summed E-state index contributed by atoms with van der Waals surface area (Å²) in [6, 6.07) is 7.06. The molecule has 6 nitrogen and oxygen atoms in total. The van der Waals surface area contributed by atoms with Crippen LogP contribution in [0.4, 0.5) is 5.69 Å². The first kappa shape index (κ1) is 14.3. The van der Waals surface area contributed by atoms with Gasteiger partial charge in [-0.3, -0.25) is 10.1 Å². The molecule has 1 aromatic heterocycles. The van der Waals surface area contributed by atoms with Gasteiger partial charge in [-0.1, -0.05) is 23.4 Å². The first-order valence-electron chi connectivity index (χ1n) is 5.29. The molecule has 20 heavy (non-hydrogen) atoms. The highest BCUT2D eigenvalue weighted by Crippen LogP contribution is 2.36. The van der Waals surface area contributed by atoms with Gasteiger partial charge in [0, 0.05) is 17.3 Å². The molecule has 0 saturated carbocycles. The molecule has 0 radical (unpaired) electrons. The highest BCUT2D eigenvalue weighted by molar-refractivity contribution is 7.99. The largest absolute Gasteiger partial charge is 0.478 e. The van der Waals surface area contributed by atoms with E-state index in [1.54, 1.807) is 0 Å². The Morgan fingerprint density at radius 2 is 2.15 bits per heavy atom. The maximum absolute atomic E-state index is 11.1. The van der Waals surface area contributed by atoms with Crippen LogP contribution in [-0.4, -0.2) is 21.0 Å². The van der Waals surface area contributed by atoms with Crippen LogP contribution in [0.1, 0.15) is 10.4 Å². The molecular formula is C12H7ClN2O4S. The number of carboxylic acid groups (broad SMARTS) is 1. The minimum Gasteiger partial charge on any atom is -0.478 e. The third-order valence-electron chi connectivity index (χ3n) is 2.33. The van der Waals surface area contributed by atoms with Crippen molar-refractivity contribution in [2.75, 3.05) is 0 Å². The van der Waals surface area contributed by atoms with Crippen molar-refractivity contribution in [2.24, 2.45) is 0 Å². The molecule has 1 heterocycles. The van der Waals surface area contributed by atoms with Crippen molar-refractivity contribution in [3.8, 4) is 0 Å². The van der Waals surface area contributed by atoms with E-state index in [4.69, 9.17) is 16.7 Å². The number of pyridine rings is 1. The number of hydrogen-bond acceptors (Lipinski definition) is 5. The monoisotopic (exact) mass is 310 g/mol. The fraction of sp³-hybridized carbons (Fsp3) is 0. The fourth-order valence-corrected chi connectivity index (χ4v) is 2.59. The SMILES string of the molecule is O=C(O)c1cccnc1Sc1ccc(Cl)cc1[N+](=O)[O-]. The summed E-state index contributed by atoms with van der Waals surface area (Å²) in [7, 11) is 0. The summed E-state index contributed by atoms with van der Waals surface area (Å²) >= 11 is 6.64. The van der Waals surface area contributed by atoms with Crippen LogP contribution in [0.2, 0.25) is 5.02 Å². The van der Waals surface area contributed by atoms with Gasteiger partial charge in [0.1, 0.15) is 5.03 Å². The van der Waals surface area contributed by atoms with Gasteiger partial charge in [-0.2, -0.15) is 0 Å². The summed E-state index contributed by atoms with van der Waals surface area (Å²) in [6.45, 7) is 0. The molecule has 2 rings (SSSR count). The number of hydrogen-bond donors (Lipinski definition) is 1. The summed E-state index contributed by atoms with van der Waals surface area (Å²) in [5, 5.41) is 20.5. The molecule has 1 N–H and O–H groups in total. The van der Waals surface area contributed by atoms with Crippen molar-refractivity contribution in [1.29, 1.82) is 0 Å². The molecular weight excluding hydrogens is 304 g/mol. The second kappa shape index (κ2) is 5.89. The minimum absolute atomic E-state index is 0.0123. The number of carbonyl (C=O) groups is 1. The second-order valence-electron chi connectivity index (χ2n) is 3.63. The van der Waals surface area contributed by atoms with E-state index in [9.17, 15) is 14.9 Å². The van der Waals surface area contributed by atoms with E-state index < -0.39 is 10.9 Å². The quantitative estimate of drug-likeness (QED) is 0.686. The van der Waals surface area contributed by atoms with Crippen LogP contribution in [0.5, 0.6) is 0 Å². The van der Waals surface area contributed by atoms with Crippen molar-refractivity contribution >= 4 is 35.0 Å². The van der Waals surface area contributed by atoms with E-state index >= 15 is 0 Å². The highest BCUT2D eigenvalue weighted by Gasteiger charge is 2.19. The lowest BCUT2D eigenvalue weighted by molar-refractivity contribution is -0.387. The lowest BCUT2D eigenvalue weighted by Gasteiger charge is -2.05. The normalized spacial score (nSPS) is 10.2. The van der Waals surface area contributed by atoms with E-state index in [1.807, 2.05) is 0 Å². The maximum Gasteiger partial charge on any atom is 0.338 e. The number of aromatic nitrogens is 1. The van der Waals surface area contributed by atoms with Gasteiger partial charge in [0.05, 0.1) is 15.4 Å². The van der Waals surface area contributed by atoms with Crippen molar-refractivity contribution in [3.05, 3.63) is 57.2 Å². The Balaban J connectivity index is 2.45. The molecule has 0 spiro atoms. The maximum atomic E-state index is 11.1. The number of nitro benzene ring substituents is 1. The third-order valence-corrected chi connectivity index (χ3v) is 3.64. The molecule has 1 aromatic carbocycles. The first-order chi connectivity index (χ1) is 9.49. The Bertz CT molecular complexity index is 693. The van der Waals surface area contributed by atoms with Crippen molar-refractivity contribution in [2.45, 2.75) is 9.92 Å². The van der Waals surface area contributed by atoms with Crippen LogP contribution >= 0.6 is 23.4 Å². The number of nitro groups is 1. The van der Waals surface area contributed by atoms with Gasteiger partial charge in [-0.25, -0.2) is 9.78 Å². The van der Waals surface area contributed by atoms with Crippen LogP contribution < -0.4 is 0 Å². The average Bonchev–Trinajstić information content (AvgIpc) is 2.41. The molecule has 0 amide bonds. The second-order valence-corrected chi connectivity index (χ2v) is 5.10. The van der Waals surface area contributed by atoms with Crippen molar-refractivity contribution < 1.29 is 14.8 Å². The average molecular weight is 311 g/mol. The summed E-state index contributed by atoms with van der Waals surface area (Å²) < 4.78 is 0. The number of halogens is 1. The summed E-state index contributed by atoms with van der Waals surface area (Å²) in [4.78, 5) is 25.7. The van der Waals surface area contributed by atoms with Crippen LogP contribution in [-0.2, 0) is 0 Å². The van der Waals surface area contributed by atoms with Crippen LogP contribution in [0.3, 0.4) is 0 Å². The Morgan fingerprint density at radius 3 is 2.80 bits per heavy atom. The smallest absolute Gasteiger partial charge is 0.338 e. The van der Waals surface area contributed by atoms with Gasteiger partial charge in [0.25, 0.3) is 5.69 Å². The van der Waals surface area contributed by atoms with E-state index in [-0.39, 0.29) is 26.2 Å². The van der Waals surface area contributed by atoms with Gasteiger partial charge >= 0.3 is 5.97 Å². The van der Waals surface area contributed by atoms with E-state index in [1.165, 1.54) is 36.5 Å². The number of nitrogens with zero attached hydrogens (tertiary/aromatic N) is 2. The van der Waals surface area contributed by atoms with E-state index in [0.717, 1.165) is 11.8 Å². The Labute approximate surface area is 122 Å². The molecule has 0 aliphatic carbocycles. The predicted octanol–water partition coefficient (Wildman–Crippen LogP) is 3.49. The predicted molar refractivity (Wildman–Crippen MR) is 73.4 cm³/mol. The zero-order chi connectivity index (χ0) is 14.7. The summed E-state index contributed by atoms with van der Waals surface area (Å²) in [6.07, 6.45) is 1.43. The van der Waals surface area contributed by atoms with Gasteiger partial charge in [0.2, 0.25) is 0 Å². The molecule has 0 fully saturated rings. The van der Waals surface area contributed by atoms with Crippen molar-refractivity contribution in [3.63, 3.8) is 0 Å². The molecule has 2 aromatic rings. The number of carboxylic acids is 1. The molecule has 8 heteroatoms. The molecule has 0 aliphatic rings. The molecule has 0 unspecified atom stereocenters. The lowest BCUT2D eigenvalue weighted by Crippen LogP contribution is -2.00. The van der Waals surface area contributed by atoms with Crippen molar-refractivity contribution in [1.82, 2.24) is 4.98 Å². The van der Waals surface area contributed by atoms with Gasteiger partial charge in [0.15, 0.2) is 0 Å².